The normalized spacial score (nSPS) is 16.2. The first-order chi connectivity index (χ1) is 41.2. The molecule has 10 rings (SSSR count). The molecule has 24 heteroatoms. The maximum absolute atomic E-state index is 15.8. The van der Waals surface area contributed by atoms with Gasteiger partial charge in [0.25, 0.3) is 5.56 Å². The van der Waals surface area contributed by atoms with E-state index in [0.29, 0.717) is 85.0 Å². The van der Waals surface area contributed by atoms with E-state index in [4.69, 9.17) is 18.9 Å². The van der Waals surface area contributed by atoms with Crippen LogP contribution in [0.3, 0.4) is 0 Å². The number of amides is 3. The predicted molar refractivity (Wildman–Crippen MR) is 309 cm³/mol. The first-order valence-electron chi connectivity index (χ1n) is 28.7. The van der Waals surface area contributed by atoms with Crippen LogP contribution in [0.15, 0.2) is 102 Å². The SMILES string of the molecule is Cn1nc2c(=O)n(CC3(O)CCN(C(=O)CCc4ccccc4)CC3)cnc2c1-c1ccc(CNC(=O)COCCOCCOCCOCC(C)(C)c2cc3cc(NC(=O)C4(c5ccc6c(c5)OC(F)(F)O6)CC4)c(F)cc3n2CC(O)CO)cc1. The number of nitrogens with one attached hydrogen (secondary N) is 2. The van der Waals surface area contributed by atoms with Gasteiger partial charge in [-0.1, -0.05) is 74.5 Å². The van der Waals surface area contributed by atoms with E-state index in [0.717, 1.165) is 16.7 Å². The number of aryl methyl sites for hydroxylation is 2. The van der Waals surface area contributed by atoms with Crippen molar-refractivity contribution in [3.8, 4) is 22.8 Å². The molecule has 21 nitrogen and oxygen atoms in total. The molecule has 3 aromatic heterocycles. The summed E-state index contributed by atoms with van der Waals surface area (Å²) in [6.45, 7) is 5.86. The van der Waals surface area contributed by atoms with Crippen LogP contribution >= 0.6 is 0 Å². The van der Waals surface area contributed by atoms with Crippen molar-refractivity contribution in [1.29, 1.82) is 0 Å². The summed E-state index contributed by atoms with van der Waals surface area (Å²) in [5.74, 6) is -1.84. The second kappa shape index (κ2) is 26.1. The number of likely N-dealkylation sites (tertiary alicyclic amines) is 1. The first kappa shape index (κ1) is 61.4. The highest BCUT2D eigenvalue weighted by Gasteiger charge is 2.53. The van der Waals surface area contributed by atoms with Gasteiger partial charge in [-0.3, -0.25) is 28.4 Å². The molecule has 2 aliphatic heterocycles. The summed E-state index contributed by atoms with van der Waals surface area (Å²) in [5, 5.41) is 42.3. The Morgan fingerprint density at radius 1 is 0.826 bits per heavy atom. The number of benzene rings is 4. The fourth-order valence-electron chi connectivity index (χ4n) is 11.1. The number of carbonyl (C=O) groups excluding carboxylic acids is 3. The molecule has 3 aliphatic rings. The number of halogens is 3. The Kier molecular flexibility index (Phi) is 18.6. The smallest absolute Gasteiger partial charge is 0.395 e. The molecule has 1 saturated heterocycles. The minimum Gasteiger partial charge on any atom is -0.395 e. The summed E-state index contributed by atoms with van der Waals surface area (Å²) in [4.78, 5) is 59.3. The van der Waals surface area contributed by atoms with Crippen molar-refractivity contribution >= 4 is 45.3 Å². The zero-order chi connectivity index (χ0) is 60.8. The first-order valence-corrected chi connectivity index (χ1v) is 28.7. The van der Waals surface area contributed by atoms with Gasteiger partial charge in [0.1, 0.15) is 17.9 Å². The van der Waals surface area contributed by atoms with Crippen LogP contribution in [0, 0.1) is 5.82 Å². The molecule has 1 saturated carbocycles. The summed E-state index contributed by atoms with van der Waals surface area (Å²) in [6.07, 6.45) is -0.994. The van der Waals surface area contributed by atoms with Gasteiger partial charge in [0, 0.05) is 61.2 Å². The van der Waals surface area contributed by atoms with Gasteiger partial charge in [0.15, 0.2) is 17.0 Å². The number of ether oxygens (including phenoxy) is 6. The molecule has 4 aromatic carbocycles. The Labute approximate surface area is 493 Å². The number of carbonyl (C=O) groups is 3. The molecule has 5 heterocycles. The predicted octanol–water partition coefficient (Wildman–Crippen LogP) is 5.88. The van der Waals surface area contributed by atoms with E-state index >= 15 is 4.39 Å². The minimum atomic E-state index is -3.81. The zero-order valence-electron chi connectivity index (χ0n) is 48.2. The maximum atomic E-state index is 15.8. The van der Waals surface area contributed by atoms with Crippen LogP contribution in [0.1, 0.15) is 68.3 Å². The third-order valence-corrected chi connectivity index (χ3v) is 16.0. The highest BCUT2D eigenvalue weighted by molar-refractivity contribution is 6.03. The van der Waals surface area contributed by atoms with E-state index in [1.807, 2.05) is 74.5 Å². The average molecular weight is 1190 g/mol. The van der Waals surface area contributed by atoms with Crippen LogP contribution < -0.4 is 25.7 Å². The molecule has 5 N–H and O–H groups in total. The number of nitrogens with zero attached hydrogens (tertiary/aromatic N) is 6. The fourth-order valence-corrected chi connectivity index (χ4v) is 11.1. The molecule has 0 spiro atoms. The topological polar surface area (TPSA) is 252 Å². The summed E-state index contributed by atoms with van der Waals surface area (Å²) in [7, 11) is 1.74. The molecular weight excluding hydrogens is 1120 g/mol. The summed E-state index contributed by atoms with van der Waals surface area (Å²) >= 11 is 0. The highest BCUT2D eigenvalue weighted by Crippen LogP contribution is 2.52. The minimum absolute atomic E-state index is 0.0299. The maximum Gasteiger partial charge on any atom is 0.586 e. The number of alkyl halides is 2. The number of aliphatic hydroxyl groups is 3. The van der Waals surface area contributed by atoms with Crippen LogP contribution in [-0.2, 0) is 77.3 Å². The van der Waals surface area contributed by atoms with E-state index in [9.17, 15) is 43.3 Å². The van der Waals surface area contributed by atoms with Gasteiger partial charge in [0.2, 0.25) is 17.7 Å². The van der Waals surface area contributed by atoms with Crippen molar-refractivity contribution in [2.45, 2.75) is 101 Å². The molecule has 1 aliphatic carbocycles. The number of aliphatic hydroxyl groups excluding tert-OH is 2. The highest BCUT2D eigenvalue weighted by atomic mass is 19.3. The van der Waals surface area contributed by atoms with Gasteiger partial charge in [-0.2, -0.15) is 5.10 Å². The molecular formula is C62H71F3N8O13. The third-order valence-electron chi connectivity index (χ3n) is 16.0. The number of rotatable bonds is 28. The third kappa shape index (κ3) is 14.2. The van der Waals surface area contributed by atoms with E-state index in [1.165, 1.54) is 41.2 Å². The summed E-state index contributed by atoms with van der Waals surface area (Å²) in [5.41, 5.74) is 2.08. The van der Waals surface area contributed by atoms with Crippen molar-refractivity contribution in [2.75, 3.05) is 77.9 Å². The molecule has 0 bridgehead atoms. The molecule has 2 fully saturated rings. The van der Waals surface area contributed by atoms with Gasteiger partial charge < -0.3 is 63.8 Å². The van der Waals surface area contributed by atoms with Gasteiger partial charge in [-0.15, -0.1) is 8.78 Å². The molecule has 1 atom stereocenters. The number of aromatic nitrogens is 5. The fraction of sp³-hybridized carbons (Fsp3) is 0.452. The van der Waals surface area contributed by atoms with Crippen LogP contribution in [-0.4, -0.2) is 152 Å². The number of hydrogen-bond donors (Lipinski definition) is 5. The monoisotopic (exact) mass is 1190 g/mol. The molecule has 86 heavy (non-hydrogen) atoms. The Balaban J connectivity index is 0.608. The number of anilines is 1. The molecule has 1 unspecified atom stereocenters. The van der Waals surface area contributed by atoms with Crippen molar-refractivity contribution in [2.24, 2.45) is 7.05 Å². The Bertz CT molecular complexity index is 3620. The van der Waals surface area contributed by atoms with Crippen LogP contribution in [0.25, 0.3) is 33.2 Å². The Hall–Kier alpha value is -7.71. The van der Waals surface area contributed by atoms with Crippen molar-refractivity contribution < 1.29 is 71.3 Å². The van der Waals surface area contributed by atoms with Crippen LogP contribution in [0.2, 0.25) is 0 Å². The van der Waals surface area contributed by atoms with Gasteiger partial charge in [0.05, 0.1) is 106 Å². The largest absolute Gasteiger partial charge is 0.586 e. The van der Waals surface area contributed by atoms with Crippen molar-refractivity contribution in [3.05, 3.63) is 136 Å². The standard InChI is InChI=1S/C62H71F3N8O13/c1-59(2,51-30-43-29-47(46(63)32-48(43)73(51)34-45(75)35-74)68-58(79)61(17-18-61)44-14-15-49-50(31-44)86-62(64,65)85-49)38-84-28-26-82-24-23-81-25-27-83-36-52(76)66-33-41-9-12-42(13-10-41)56-54-55(69-70(56)3)57(78)72(39-67-54)37-60(80)19-21-71(22-20-60)53(77)16-11-40-7-5-4-6-8-40/h4-10,12-15,29-32,39,45,74-75,80H,11,16-28,33-38H2,1-3H3,(H,66,76)(H,68,79). The van der Waals surface area contributed by atoms with Gasteiger partial charge >= 0.3 is 6.29 Å². The Morgan fingerprint density at radius 3 is 2.21 bits per heavy atom. The lowest BCUT2D eigenvalue weighted by atomic mass is 9.90. The molecule has 7 aromatic rings. The number of fused-ring (bicyclic) bond motifs is 3. The quantitative estimate of drug-likeness (QED) is 0.0359. The van der Waals surface area contributed by atoms with Crippen LogP contribution in [0.4, 0.5) is 18.9 Å². The Morgan fingerprint density at radius 2 is 1.51 bits per heavy atom. The second-order valence-corrected chi connectivity index (χ2v) is 22.9. The van der Waals surface area contributed by atoms with E-state index in [1.54, 1.807) is 21.2 Å². The van der Waals surface area contributed by atoms with Crippen LogP contribution in [0.5, 0.6) is 11.5 Å². The lowest BCUT2D eigenvalue weighted by Gasteiger charge is -2.38. The zero-order valence-corrected chi connectivity index (χ0v) is 48.2. The van der Waals surface area contributed by atoms with E-state index < -0.39 is 47.2 Å². The average Bonchev–Trinajstić information content (AvgIpc) is 1.71. The summed E-state index contributed by atoms with van der Waals surface area (Å²) in [6, 6.07) is 26.1. The van der Waals surface area contributed by atoms with E-state index in [-0.39, 0.29) is 113 Å². The molecule has 0 radical (unpaired) electrons. The van der Waals surface area contributed by atoms with Crippen molar-refractivity contribution in [1.82, 2.24) is 34.1 Å². The number of hydrogen-bond acceptors (Lipinski definition) is 15. The number of piperidine rings is 1. The van der Waals surface area contributed by atoms with Gasteiger partial charge in [-0.25, -0.2) is 9.37 Å². The van der Waals surface area contributed by atoms with Crippen molar-refractivity contribution in [3.63, 3.8) is 0 Å². The summed E-state index contributed by atoms with van der Waals surface area (Å²) < 4.78 is 79.8. The molecule has 458 valence electrons. The lowest BCUT2D eigenvalue weighted by molar-refractivity contribution is -0.286. The van der Waals surface area contributed by atoms with Gasteiger partial charge in [-0.05, 0) is 73.1 Å². The lowest BCUT2D eigenvalue weighted by Crippen LogP contribution is -2.49. The van der Waals surface area contributed by atoms with E-state index in [2.05, 4.69) is 30.2 Å². The second-order valence-electron chi connectivity index (χ2n) is 22.9. The molecule has 3 amide bonds.